The highest BCUT2D eigenvalue weighted by molar-refractivity contribution is 5.59. The summed E-state index contributed by atoms with van der Waals surface area (Å²) in [6.45, 7) is 8.37. The molecular formula is C14H17N5. The molecule has 2 rings (SSSR count). The van der Waals surface area contributed by atoms with Gasteiger partial charge in [0.1, 0.15) is 0 Å². The fourth-order valence-corrected chi connectivity index (χ4v) is 1.61. The van der Waals surface area contributed by atoms with Crippen LogP contribution in [0.1, 0.15) is 11.1 Å². The predicted molar refractivity (Wildman–Crippen MR) is 77.7 cm³/mol. The fourth-order valence-electron chi connectivity index (χ4n) is 1.61. The molecule has 0 radical (unpaired) electrons. The van der Waals surface area contributed by atoms with E-state index in [2.05, 4.69) is 50.6 Å². The lowest BCUT2D eigenvalue weighted by molar-refractivity contribution is 0.975. The summed E-state index contributed by atoms with van der Waals surface area (Å²) in [5, 5.41) is 14.1. The summed E-state index contributed by atoms with van der Waals surface area (Å²) in [5.74, 6) is 1.14. The molecule has 0 unspecified atom stereocenters. The standard InChI is InChI=1S/C14H17N5/c1-4-7-15-13-9-16-19-14(18-13)17-12-8-10(2)5-6-11(12)3/h4-6,8-9H,1,7H2,2-3H3,(H2,15,17,18,19). The van der Waals surface area contributed by atoms with E-state index in [-0.39, 0.29) is 0 Å². The number of hydrogen-bond donors (Lipinski definition) is 2. The highest BCUT2D eigenvalue weighted by Crippen LogP contribution is 2.19. The molecule has 0 aliphatic carbocycles. The lowest BCUT2D eigenvalue weighted by Gasteiger charge is -2.09. The third-order valence-electron chi connectivity index (χ3n) is 2.63. The molecular weight excluding hydrogens is 238 g/mol. The second-order valence-corrected chi connectivity index (χ2v) is 4.28. The number of aryl methyl sites for hydroxylation is 2. The van der Waals surface area contributed by atoms with E-state index in [9.17, 15) is 0 Å². The molecule has 0 saturated heterocycles. The van der Waals surface area contributed by atoms with Crippen LogP contribution in [-0.4, -0.2) is 21.7 Å². The summed E-state index contributed by atoms with van der Waals surface area (Å²) >= 11 is 0. The first-order chi connectivity index (χ1) is 9.19. The summed E-state index contributed by atoms with van der Waals surface area (Å²) in [6, 6.07) is 6.19. The van der Waals surface area contributed by atoms with Crippen LogP contribution in [0.2, 0.25) is 0 Å². The summed E-state index contributed by atoms with van der Waals surface area (Å²) < 4.78 is 0. The number of rotatable bonds is 5. The van der Waals surface area contributed by atoms with Crippen LogP contribution in [0, 0.1) is 13.8 Å². The Balaban J connectivity index is 2.18. The number of aromatic nitrogens is 3. The molecule has 0 spiro atoms. The van der Waals surface area contributed by atoms with E-state index in [1.54, 1.807) is 12.3 Å². The van der Waals surface area contributed by atoms with E-state index >= 15 is 0 Å². The van der Waals surface area contributed by atoms with E-state index in [4.69, 9.17) is 0 Å². The maximum Gasteiger partial charge on any atom is 0.249 e. The van der Waals surface area contributed by atoms with Crippen molar-refractivity contribution in [1.29, 1.82) is 0 Å². The van der Waals surface area contributed by atoms with Crippen molar-refractivity contribution < 1.29 is 0 Å². The molecule has 0 amide bonds. The summed E-state index contributed by atoms with van der Waals surface area (Å²) in [5.41, 5.74) is 3.31. The third kappa shape index (κ3) is 3.51. The van der Waals surface area contributed by atoms with E-state index in [0.717, 1.165) is 11.3 Å². The van der Waals surface area contributed by atoms with Crippen molar-refractivity contribution in [3.63, 3.8) is 0 Å². The molecule has 19 heavy (non-hydrogen) atoms. The fraction of sp³-hybridized carbons (Fsp3) is 0.214. The molecule has 0 aliphatic rings. The van der Waals surface area contributed by atoms with Crippen molar-refractivity contribution >= 4 is 17.5 Å². The summed E-state index contributed by atoms with van der Waals surface area (Å²) in [6.07, 6.45) is 3.34. The van der Waals surface area contributed by atoms with Gasteiger partial charge in [-0.3, -0.25) is 0 Å². The van der Waals surface area contributed by atoms with Gasteiger partial charge in [-0.15, -0.1) is 11.7 Å². The Morgan fingerprint density at radius 1 is 1.32 bits per heavy atom. The van der Waals surface area contributed by atoms with Crippen molar-refractivity contribution in [1.82, 2.24) is 15.2 Å². The molecule has 5 heteroatoms. The van der Waals surface area contributed by atoms with Crippen LogP contribution in [0.15, 0.2) is 37.1 Å². The van der Waals surface area contributed by atoms with Crippen LogP contribution in [0.25, 0.3) is 0 Å². The Morgan fingerprint density at radius 3 is 2.95 bits per heavy atom. The Kier molecular flexibility index (Phi) is 4.07. The second kappa shape index (κ2) is 5.95. The lowest BCUT2D eigenvalue weighted by Crippen LogP contribution is -2.05. The molecule has 0 saturated carbocycles. The zero-order chi connectivity index (χ0) is 13.7. The van der Waals surface area contributed by atoms with Crippen molar-refractivity contribution in [3.8, 4) is 0 Å². The molecule has 0 aliphatic heterocycles. The SMILES string of the molecule is C=CCNc1cnnc(Nc2cc(C)ccc2C)n1. The minimum atomic E-state index is 0.475. The van der Waals surface area contributed by atoms with Crippen LogP contribution in [0.3, 0.4) is 0 Å². The maximum atomic E-state index is 4.33. The van der Waals surface area contributed by atoms with Gasteiger partial charge in [-0.05, 0) is 31.0 Å². The van der Waals surface area contributed by atoms with Gasteiger partial charge in [-0.25, -0.2) is 0 Å². The van der Waals surface area contributed by atoms with Crippen molar-refractivity contribution in [2.45, 2.75) is 13.8 Å². The highest BCUT2D eigenvalue weighted by atomic mass is 15.3. The zero-order valence-electron chi connectivity index (χ0n) is 11.1. The van der Waals surface area contributed by atoms with Crippen LogP contribution >= 0.6 is 0 Å². The third-order valence-corrected chi connectivity index (χ3v) is 2.63. The van der Waals surface area contributed by atoms with Crippen molar-refractivity contribution in [2.75, 3.05) is 17.2 Å². The lowest BCUT2D eigenvalue weighted by atomic mass is 10.1. The largest absolute Gasteiger partial charge is 0.365 e. The van der Waals surface area contributed by atoms with Crippen LogP contribution < -0.4 is 10.6 Å². The number of benzene rings is 1. The summed E-state index contributed by atoms with van der Waals surface area (Å²) in [7, 11) is 0. The van der Waals surface area contributed by atoms with Gasteiger partial charge < -0.3 is 10.6 Å². The van der Waals surface area contributed by atoms with Crippen LogP contribution in [0.5, 0.6) is 0 Å². The van der Waals surface area contributed by atoms with Gasteiger partial charge in [0.2, 0.25) is 5.95 Å². The van der Waals surface area contributed by atoms with Crippen molar-refractivity contribution in [3.05, 3.63) is 48.2 Å². The average Bonchev–Trinajstić information content (AvgIpc) is 2.41. The molecule has 98 valence electrons. The van der Waals surface area contributed by atoms with Crippen molar-refractivity contribution in [2.24, 2.45) is 0 Å². The van der Waals surface area contributed by atoms with E-state index in [1.165, 1.54) is 5.56 Å². The zero-order valence-corrected chi connectivity index (χ0v) is 11.1. The quantitative estimate of drug-likeness (QED) is 0.804. The minimum Gasteiger partial charge on any atom is -0.365 e. The van der Waals surface area contributed by atoms with Crippen LogP contribution in [0.4, 0.5) is 17.5 Å². The van der Waals surface area contributed by atoms with E-state index in [1.807, 2.05) is 13.8 Å². The van der Waals surface area contributed by atoms with Gasteiger partial charge in [0.25, 0.3) is 0 Å². The van der Waals surface area contributed by atoms with Gasteiger partial charge >= 0.3 is 0 Å². The van der Waals surface area contributed by atoms with E-state index in [0.29, 0.717) is 18.3 Å². The predicted octanol–water partition coefficient (Wildman–Crippen LogP) is 2.83. The maximum absolute atomic E-state index is 4.33. The molecule has 1 aromatic heterocycles. The normalized spacial score (nSPS) is 10.0. The molecule has 1 aromatic carbocycles. The Labute approximate surface area is 112 Å². The molecule has 0 bridgehead atoms. The van der Waals surface area contributed by atoms with Gasteiger partial charge in [0.05, 0.1) is 6.20 Å². The first-order valence-electron chi connectivity index (χ1n) is 6.08. The number of nitrogens with one attached hydrogen (secondary N) is 2. The topological polar surface area (TPSA) is 62.7 Å². The first-order valence-corrected chi connectivity index (χ1v) is 6.08. The molecule has 2 N–H and O–H groups in total. The first kappa shape index (κ1) is 13.0. The van der Waals surface area contributed by atoms with Gasteiger partial charge in [-0.2, -0.15) is 10.1 Å². The van der Waals surface area contributed by atoms with Gasteiger partial charge in [0.15, 0.2) is 5.82 Å². The molecule has 1 heterocycles. The average molecular weight is 255 g/mol. The number of nitrogens with zero attached hydrogens (tertiary/aromatic N) is 3. The second-order valence-electron chi connectivity index (χ2n) is 4.28. The summed E-state index contributed by atoms with van der Waals surface area (Å²) in [4.78, 5) is 4.33. The number of anilines is 3. The number of hydrogen-bond acceptors (Lipinski definition) is 5. The smallest absolute Gasteiger partial charge is 0.249 e. The Bertz CT molecular complexity index is 580. The minimum absolute atomic E-state index is 0.475. The van der Waals surface area contributed by atoms with E-state index < -0.39 is 0 Å². The van der Waals surface area contributed by atoms with Gasteiger partial charge in [0, 0.05) is 12.2 Å². The highest BCUT2D eigenvalue weighted by Gasteiger charge is 2.03. The molecule has 0 atom stereocenters. The monoisotopic (exact) mass is 255 g/mol. The van der Waals surface area contributed by atoms with Gasteiger partial charge in [-0.1, -0.05) is 18.2 Å². The Morgan fingerprint density at radius 2 is 2.16 bits per heavy atom. The molecule has 5 nitrogen and oxygen atoms in total. The Hall–Kier alpha value is -2.43. The van der Waals surface area contributed by atoms with Crippen LogP contribution in [-0.2, 0) is 0 Å². The molecule has 0 fully saturated rings. The molecule has 2 aromatic rings.